The first-order valence-corrected chi connectivity index (χ1v) is 26.9. The molecule has 550 valence electrons. The predicted molar refractivity (Wildman–Crippen MR) is 302 cm³/mol. The number of fused-ring (bicyclic) bond motifs is 2. The number of nitrogens with zero attached hydrogens (tertiary/aromatic N) is 8. The van der Waals surface area contributed by atoms with E-state index in [4.69, 9.17) is 31.4 Å². The molecular formula is C50H49N11O41. The highest BCUT2D eigenvalue weighted by molar-refractivity contribution is 6.15. The van der Waals surface area contributed by atoms with E-state index < -0.39 is 305 Å². The number of primary amides is 2. The molecular weight excluding hydrogens is 1410 g/mol. The van der Waals surface area contributed by atoms with Crippen LogP contribution in [0.2, 0.25) is 0 Å². The van der Waals surface area contributed by atoms with E-state index in [9.17, 15) is 192 Å². The molecule has 6 amide bonds. The number of aromatic nitrogens is 4. The van der Waals surface area contributed by atoms with Crippen LogP contribution in [0.15, 0.2) is 0 Å². The van der Waals surface area contributed by atoms with Crippen molar-refractivity contribution in [3.63, 3.8) is 0 Å². The Morgan fingerprint density at radius 1 is 0.431 bits per heavy atom. The number of piperidine rings is 2. The van der Waals surface area contributed by atoms with E-state index in [1.54, 1.807) is 0 Å². The van der Waals surface area contributed by atoms with Gasteiger partial charge in [0, 0.05) is 11.1 Å². The number of amides is 6. The number of phenols is 15. The minimum atomic E-state index is -5.25. The Morgan fingerprint density at radius 2 is 0.765 bits per heavy atom. The second kappa shape index (κ2) is 21.9. The van der Waals surface area contributed by atoms with E-state index in [2.05, 4.69) is 10.2 Å². The number of benzene rings is 4. The molecule has 1 unspecified atom stereocenters. The number of aromatic hydroxyl groups is 15. The zero-order valence-corrected chi connectivity index (χ0v) is 49.6. The van der Waals surface area contributed by atoms with Gasteiger partial charge in [-0.2, -0.15) is 10.2 Å². The minimum Gasteiger partial charge on any atom is -0.504 e. The summed E-state index contributed by atoms with van der Waals surface area (Å²) in [6.45, 7) is -2.20. The summed E-state index contributed by atoms with van der Waals surface area (Å²) in [6.07, 6.45) is -5.50. The normalized spacial score (nSPS) is 20.5. The molecule has 38 N–H and O–H groups in total. The van der Waals surface area contributed by atoms with E-state index in [0.717, 1.165) is 7.11 Å². The van der Waals surface area contributed by atoms with Gasteiger partial charge in [-0.25, -0.2) is 29.0 Å². The molecule has 52 heteroatoms. The van der Waals surface area contributed by atoms with Gasteiger partial charge in [0.2, 0.25) is 34.7 Å². The third kappa shape index (κ3) is 9.02. The van der Waals surface area contributed by atoms with Gasteiger partial charge in [-0.15, -0.1) is 0 Å². The minimum absolute atomic E-state index is 0.0961. The van der Waals surface area contributed by atoms with E-state index >= 15 is 0 Å². The van der Waals surface area contributed by atoms with Gasteiger partial charge in [-0.1, -0.05) is 0 Å². The van der Waals surface area contributed by atoms with Crippen LogP contribution in [0.25, 0.3) is 11.4 Å². The van der Waals surface area contributed by atoms with Crippen LogP contribution in [-0.2, 0) is 27.2 Å². The lowest BCUT2D eigenvalue weighted by Crippen LogP contribution is -2.88. The van der Waals surface area contributed by atoms with Gasteiger partial charge in [0.1, 0.15) is 39.8 Å². The highest BCUT2D eigenvalue weighted by atomic mass is 16.8. The number of phenolic OH excluding ortho intramolecular Hbond substituents is 15. The first-order chi connectivity index (χ1) is 46.5. The molecule has 0 saturated carbocycles. The van der Waals surface area contributed by atoms with Crippen molar-refractivity contribution < 1.29 is 206 Å². The lowest BCUT2D eigenvalue weighted by atomic mass is 9.85. The number of carbonyl (C=O) groups is 6. The summed E-state index contributed by atoms with van der Waals surface area (Å²) >= 11 is 0. The summed E-state index contributed by atoms with van der Waals surface area (Å²) in [5.74, 6) is -88.9. The smallest absolute Gasteiger partial charge is 0.316 e. The largest absolute Gasteiger partial charge is 0.504 e. The molecule has 0 aliphatic carbocycles. The standard InChI is InChI=1S/C50H49N11O41/c1-100-35-9(51)20(63)18(29(72)32(35)75)60-12-6(10(54-60)37(52)78)2-43(85,86)57(39(12)80)15-23(66)21(64)14(22(65)24(15)67)56-8(62)4-42(83,84)48(95,50(56,98)99)102-5-101-36-33(76)30(73)19(31(74)34(36)77)61-13-7(11(55-61)38(53)79)3-44(87,88)58(40(13)81)16-25(68)27(70)17(28(71)26(16)69)59-41(82)45(89,90)46(91,92)47(93,94)49(59,96)97/h63-77,83-99H,2-5,51H2,1H3,(H2,52,78)(H2,53,79). The Labute approximate surface area is 554 Å². The van der Waals surface area contributed by atoms with Crippen LogP contribution in [0.3, 0.4) is 0 Å². The highest BCUT2D eigenvalue weighted by Crippen LogP contribution is 2.64. The van der Waals surface area contributed by atoms with Crippen LogP contribution in [0.1, 0.15) is 59.5 Å². The van der Waals surface area contributed by atoms with Gasteiger partial charge in [0.05, 0.1) is 26.4 Å². The molecule has 0 radical (unpaired) electrons. The maximum Gasteiger partial charge on any atom is 0.316 e. The number of carbonyl (C=O) groups excluding carboxylic acids is 6. The fourth-order valence-electron chi connectivity index (χ4n) is 11.4. The van der Waals surface area contributed by atoms with Crippen LogP contribution >= 0.6 is 0 Å². The van der Waals surface area contributed by atoms with Crippen LogP contribution in [-0.4, -0.2) is 285 Å². The van der Waals surface area contributed by atoms with E-state index in [-0.39, 0.29) is 9.36 Å². The molecule has 6 aromatic rings. The Bertz CT molecular complexity index is 4670. The van der Waals surface area contributed by atoms with E-state index in [1.807, 2.05) is 0 Å². The van der Waals surface area contributed by atoms with Crippen LogP contribution in [0.4, 0.5) is 28.4 Å². The number of hydrogen-bond acceptors (Lipinski definition) is 44. The third-order valence-electron chi connectivity index (χ3n) is 16.4. The molecule has 1 atom stereocenters. The SMILES string of the molecule is COc1c(N)c(O)c(-n2nc(C(N)=O)c3c2C(=O)N(c2c(O)c(O)c(N4C(=O)CC(O)(O)C(O)(OCOc5c(O)c(O)c(-n6nc(C(N)=O)c7c6C(=O)N(c6c(O)c(O)c(N8C(=O)C(O)(O)C(O)(O)C(O)(O)C8(O)O)c(O)c6O)C(O)(O)C7)c(O)c5O)C4(O)O)c(O)c2O)C(O)(O)C3)c(O)c1O. The molecule has 2 fully saturated rings. The summed E-state index contributed by atoms with van der Waals surface area (Å²) in [5.41, 5.74) is -2.78. The molecule has 2 saturated heterocycles. The number of anilines is 5. The van der Waals surface area contributed by atoms with Crippen molar-refractivity contribution in [1.29, 1.82) is 0 Å². The Hall–Kier alpha value is -12.2. The molecule has 102 heavy (non-hydrogen) atoms. The van der Waals surface area contributed by atoms with E-state index in [0.29, 0.717) is 0 Å². The average molecular weight is 1460 g/mol. The zero-order chi connectivity index (χ0) is 77.1. The molecule has 6 heterocycles. The van der Waals surface area contributed by atoms with Gasteiger partial charge >= 0.3 is 29.2 Å². The summed E-state index contributed by atoms with van der Waals surface area (Å²) < 4.78 is 14.3. The quantitative estimate of drug-likeness (QED) is 0.0221. The molecule has 4 aliphatic heterocycles. The Kier molecular flexibility index (Phi) is 15.6. The number of rotatable bonds is 13. The topological polar surface area (TPSA) is 904 Å². The van der Waals surface area contributed by atoms with Crippen molar-refractivity contribution in [3.8, 4) is 109 Å². The summed E-state index contributed by atoms with van der Waals surface area (Å²) in [7, 11) is 0.893. The number of hydrogen-bond donors (Lipinski definition) is 35. The monoisotopic (exact) mass is 1460 g/mol. The molecule has 4 aliphatic rings. The van der Waals surface area contributed by atoms with Crippen molar-refractivity contribution in [2.45, 2.75) is 71.8 Å². The van der Waals surface area contributed by atoms with Crippen LogP contribution < -0.4 is 46.3 Å². The maximum atomic E-state index is 14.6. The zero-order valence-electron chi connectivity index (χ0n) is 49.6. The van der Waals surface area contributed by atoms with Gasteiger partial charge in [-0.3, -0.25) is 28.8 Å². The summed E-state index contributed by atoms with van der Waals surface area (Å²) in [4.78, 5) is 77.9. The van der Waals surface area contributed by atoms with Crippen LogP contribution in [0.5, 0.6) is 97.7 Å². The number of nitrogen functional groups attached to an aromatic ring is 1. The highest BCUT2D eigenvalue weighted by Gasteiger charge is 2.81. The van der Waals surface area contributed by atoms with E-state index in [1.165, 1.54) is 0 Å². The van der Waals surface area contributed by atoms with Gasteiger partial charge in [0.25, 0.3) is 47.1 Å². The Morgan fingerprint density at radius 3 is 1.13 bits per heavy atom. The summed E-state index contributed by atoms with van der Waals surface area (Å²) in [5, 5.41) is 360. The summed E-state index contributed by atoms with van der Waals surface area (Å²) in [6, 6.07) is 0. The van der Waals surface area contributed by atoms with Crippen molar-refractivity contribution >= 4 is 63.9 Å². The van der Waals surface area contributed by atoms with Gasteiger partial charge < -0.3 is 195 Å². The molecule has 0 bridgehead atoms. The fourth-order valence-corrected chi connectivity index (χ4v) is 11.4. The number of nitrogens with two attached hydrogens (primary N) is 3. The number of ether oxygens (including phenoxy) is 3. The first kappa shape index (κ1) is 72.5. The lowest BCUT2D eigenvalue weighted by Gasteiger charge is -2.55. The van der Waals surface area contributed by atoms with Crippen molar-refractivity contribution in [2.24, 2.45) is 11.5 Å². The van der Waals surface area contributed by atoms with Crippen LogP contribution in [0, 0.1) is 0 Å². The molecule has 52 nitrogen and oxygen atoms in total. The second-order valence-electron chi connectivity index (χ2n) is 22.4. The van der Waals surface area contributed by atoms with Crippen molar-refractivity contribution in [3.05, 3.63) is 33.9 Å². The maximum absolute atomic E-state index is 14.6. The Balaban J connectivity index is 0.997. The van der Waals surface area contributed by atoms with Crippen molar-refractivity contribution in [2.75, 3.05) is 39.2 Å². The number of aliphatic hydroxyl groups is 17. The fraction of sp³-hybridized carbons (Fsp3) is 0.280. The van der Waals surface area contributed by atoms with Crippen molar-refractivity contribution in [1.82, 2.24) is 19.6 Å². The molecule has 4 aromatic carbocycles. The molecule has 0 spiro atoms. The lowest BCUT2D eigenvalue weighted by molar-refractivity contribution is -0.505. The first-order valence-electron chi connectivity index (χ1n) is 26.9. The number of methoxy groups -OCH3 is 1. The molecule has 2 aromatic heterocycles. The second-order valence-corrected chi connectivity index (χ2v) is 22.4. The average Bonchev–Trinajstić information content (AvgIpc) is 0.885. The molecule has 10 rings (SSSR count). The third-order valence-corrected chi connectivity index (χ3v) is 16.4. The predicted octanol–water partition coefficient (Wildman–Crippen LogP) is -13.1. The van der Waals surface area contributed by atoms with Gasteiger partial charge in [-0.05, 0) is 0 Å². The van der Waals surface area contributed by atoms with Gasteiger partial charge in [0.15, 0.2) is 104 Å².